The largest absolute Gasteiger partial charge is 0.497 e. The summed E-state index contributed by atoms with van der Waals surface area (Å²) in [4.78, 5) is 11.4. The highest BCUT2D eigenvalue weighted by atomic mass is 19.4. The Bertz CT molecular complexity index is 452. The number of urea groups is 1. The predicted octanol–water partition coefficient (Wildman–Crippen LogP) is 2.13. The third kappa shape index (κ3) is 5.35. The highest BCUT2D eigenvalue weighted by Crippen LogP contribution is 2.21. The Labute approximate surface area is 113 Å². The molecule has 112 valence electrons. The van der Waals surface area contributed by atoms with Crippen LogP contribution in [-0.4, -0.2) is 37.1 Å². The third-order valence-corrected chi connectivity index (χ3v) is 2.41. The van der Waals surface area contributed by atoms with Crippen LogP contribution in [-0.2, 0) is 0 Å². The molecule has 0 aromatic heterocycles. The number of hydrogen-bond acceptors (Lipinski definition) is 3. The highest BCUT2D eigenvalue weighted by molar-refractivity contribution is 5.89. The Morgan fingerprint density at radius 2 is 2.15 bits per heavy atom. The smallest absolute Gasteiger partial charge is 0.414 e. The quantitative estimate of drug-likeness (QED) is 0.778. The van der Waals surface area contributed by atoms with Gasteiger partial charge >= 0.3 is 12.2 Å². The van der Waals surface area contributed by atoms with Crippen LogP contribution in [0.5, 0.6) is 5.75 Å². The van der Waals surface area contributed by atoms with E-state index in [1.165, 1.54) is 7.11 Å². The Hall–Kier alpha value is -1.96. The Kier molecular flexibility index (Phi) is 5.63. The van der Waals surface area contributed by atoms with Crippen molar-refractivity contribution < 1.29 is 27.8 Å². The first kappa shape index (κ1) is 16.1. The van der Waals surface area contributed by atoms with Crippen molar-refractivity contribution in [2.24, 2.45) is 0 Å². The average Bonchev–Trinajstić information content (AvgIpc) is 2.37. The number of carbonyl (C=O) groups excluding carboxylic acids is 1. The Morgan fingerprint density at radius 3 is 2.75 bits per heavy atom. The van der Waals surface area contributed by atoms with Gasteiger partial charge in [0.25, 0.3) is 0 Å². The van der Waals surface area contributed by atoms with Crippen molar-refractivity contribution in [3.63, 3.8) is 0 Å². The number of nitrogens with one attached hydrogen (secondary N) is 2. The van der Waals surface area contributed by atoms with Gasteiger partial charge in [0.15, 0.2) is 6.10 Å². The molecule has 0 heterocycles. The van der Waals surface area contributed by atoms with Crippen LogP contribution < -0.4 is 15.4 Å². The van der Waals surface area contributed by atoms with Gasteiger partial charge < -0.3 is 20.5 Å². The minimum atomic E-state index is -4.68. The lowest BCUT2D eigenvalue weighted by Crippen LogP contribution is -2.35. The maximum Gasteiger partial charge on any atom is 0.414 e. The molecule has 1 aromatic rings. The second kappa shape index (κ2) is 6.99. The fourth-order valence-electron chi connectivity index (χ4n) is 1.36. The number of alkyl halides is 3. The first-order valence-electron chi connectivity index (χ1n) is 5.76. The van der Waals surface area contributed by atoms with Gasteiger partial charge in [0.2, 0.25) is 0 Å². The van der Waals surface area contributed by atoms with Gasteiger partial charge in [-0.2, -0.15) is 13.2 Å². The number of carbonyl (C=O) groups is 1. The second-order valence-corrected chi connectivity index (χ2v) is 3.96. The van der Waals surface area contributed by atoms with Gasteiger partial charge in [0.1, 0.15) is 5.75 Å². The summed E-state index contributed by atoms with van der Waals surface area (Å²) in [6.45, 7) is -0.295. The first-order chi connectivity index (χ1) is 9.32. The van der Waals surface area contributed by atoms with Gasteiger partial charge in [-0.1, -0.05) is 6.07 Å². The van der Waals surface area contributed by atoms with Crippen LogP contribution in [0.3, 0.4) is 0 Å². The number of rotatable bonds is 5. The molecule has 8 heteroatoms. The Balaban J connectivity index is 2.37. The average molecular weight is 292 g/mol. The van der Waals surface area contributed by atoms with Crippen molar-refractivity contribution in [1.29, 1.82) is 0 Å². The van der Waals surface area contributed by atoms with Crippen LogP contribution in [0.1, 0.15) is 6.42 Å². The van der Waals surface area contributed by atoms with E-state index in [-0.39, 0.29) is 6.54 Å². The number of amides is 2. The van der Waals surface area contributed by atoms with Crippen LogP contribution in [0.2, 0.25) is 0 Å². The molecular formula is C12H15F3N2O3. The van der Waals surface area contributed by atoms with E-state index < -0.39 is 24.7 Å². The second-order valence-electron chi connectivity index (χ2n) is 3.96. The summed E-state index contributed by atoms with van der Waals surface area (Å²) >= 11 is 0. The lowest BCUT2D eigenvalue weighted by molar-refractivity contribution is -0.204. The zero-order chi connectivity index (χ0) is 15.2. The van der Waals surface area contributed by atoms with Crippen LogP contribution in [0.25, 0.3) is 0 Å². The van der Waals surface area contributed by atoms with Gasteiger partial charge in [-0.25, -0.2) is 4.79 Å². The molecule has 0 saturated carbocycles. The molecule has 3 N–H and O–H groups in total. The molecule has 2 amide bonds. The van der Waals surface area contributed by atoms with Crippen molar-refractivity contribution in [3.8, 4) is 5.75 Å². The van der Waals surface area contributed by atoms with Crippen molar-refractivity contribution in [1.82, 2.24) is 5.32 Å². The monoisotopic (exact) mass is 292 g/mol. The molecule has 0 fully saturated rings. The molecule has 0 saturated heterocycles. The number of benzene rings is 1. The molecular weight excluding hydrogens is 277 g/mol. The molecule has 0 spiro atoms. The molecule has 0 bridgehead atoms. The van der Waals surface area contributed by atoms with E-state index in [0.29, 0.717) is 11.4 Å². The summed E-state index contributed by atoms with van der Waals surface area (Å²) in [5, 5.41) is 13.4. The molecule has 0 aliphatic heterocycles. The summed E-state index contributed by atoms with van der Waals surface area (Å²) in [6.07, 6.45) is -7.72. The lowest BCUT2D eigenvalue weighted by atomic mass is 10.2. The summed E-state index contributed by atoms with van der Waals surface area (Å²) < 4.78 is 41.0. The first-order valence-corrected chi connectivity index (χ1v) is 5.76. The van der Waals surface area contributed by atoms with Crippen LogP contribution in [0, 0.1) is 0 Å². The van der Waals surface area contributed by atoms with E-state index in [2.05, 4.69) is 10.6 Å². The summed E-state index contributed by atoms with van der Waals surface area (Å²) in [5.74, 6) is 0.537. The van der Waals surface area contributed by atoms with Crippen LogP contribution in [0.4, 0.5) is 23.7 Å². The zero-order valence-corrected chi connectivity index (χ0v) is 10.7. The van der Waals surface area contributed by atoms with Crippen LogP contribution in [0.15, 0.2) is 24.3 Å². The number of methoxy groups -OCH3 is 1. The van der Waals surface area contributed by atoms with E-state index in [4.69, 9.17) is 9.84 Å². The predicted molar refractivity (Wildman–Crippen MR) is 66.7 cm³/mol. The number of anilines is 1. The van der Waals surface area contributed by atoms with Gasteiger partial charge in [-0.15, -0.1) is 0 Å². The van der Waals surface area contributed by atoms with E-state index in [9.17, 15) is 18.0 Å². The fourth-order valence-corrected chi connectivity index (χ4v) is 1.36. The summed E-state index contributed by atoms with van der Waals surface area (Å²) in [7, 11) is 1.47. The standard InChI is InChI=1S/C12H15F3N2O3/c1-20-9-4-2-3-8(7-9)17-11(19)16-6-5-10(18)12(13,14)15/h2-4,7,10,18H,5-6H2,1H3,(H2,16,17,19)/t10-/m0/s1. The third-order valence-electron chi connectivity index (χ3n) is 2.41. The summed E-state index contributed by atoms with van der Waals surface area (Å²) in [5.41, 5.74) is 0.443. The van der Waals surface area contributed by atoms with E-state index >= 15 is 0 Å². The van der Waals surface area contributed by atoms with Crippen molar-refractivity contribution in [3.05, 3.63) is 24.3 Å². The molecule has 0 radical (unpaired) electrons. The van der Waals surface area contributed by atoms with E-state index in [1.54, 1.807) is 24.3 Å². The highest BCUT2D eigenvalue weighted by Gasteiger charge is 2.37. The zero-order valence-electron chi connectivity index (χ0n) is 10.7. The topological polar surface area (TPSA) is 70.6 Å². The van der Waals surface area contributed by atoms with Gasteiger partial charge in [-0.05, 0) is 18.6 Å². The lowest BCUT2D eigenvalue weighted by Gasteiger charge is -2.14. The minimum absolute atomic E-state index is 0.295. The molecule has 20 heavy (non-hydrogen) atoms. The minimum Gasteiger partial charge on any atom is -0.497 e. The Morgan fingerprint density at radius 1 is 1.45 bits per heavy atom. The van der Waals surface area contributed by atoms with Crippen molar-refractivity contribution >= 4 is 11.7 Å². The number of hydrogen-bond donors (Lipinski definition) is 3. The van der Waals surface area contributed by atoms with Crippen molar-refractivity contribution in [2.75, 3.05) is 19.0 Å². The van der Waals surface area contributed by atoms with Crippen LogP contribution >= 0.6 is 0 Å². The molecule has 5 nitrogen and oxygen atoms in total. The number of aliphatic hydroxyl groups is 1. The van der Waals surface area contributed by atoms with Crippen molar-refractivity contribution in [2.45, 2.75) is 18.7 Å². The van der Waals surface area contributed by atoms with E-state index in [1.807, 2.05) is 0 Å². The maximum absolute atomic E-state index is 12.0. The number of aliphatic hydroxyl groups excluding tert-OH is 1. The van der Waals surface area contributed by atoms with Gasteiger partial charge in [0.05, 0.1) is 7.11 Å². The molecule has 0 aliphatic rings. The maximum atomic E-state index is 12.0. The molecule has 0 aliphatic carbocycles. The number of ether oxygens (including phenoxy) is 1. The summed E-state index contributed by atoms with van der Waals surface area (Å²) in [6, 6.07) is 5.84. The number of halogens is 3. The van der Waals surface area contributed by atoms with Gasteiger partial charge in [-0.3, -0.25) is 0 Å². The van der Waals surface area contributed by atoms with Gasteiger partial charge in [0, 0.05) is 18.3 Å². The van der Waals surface area contributed by atoms with E-state index in [0.717, 1.165) is 0 Å². The molecule has 1 atom stereocenters. The fraction of sp³-hybridized carbons (Fsp3) is 0.417. The molecule has 1 rings (SSSR count). The molecule has 0 unspecified atom stereocenters. The normalized spacial score (nSPS) is 12.7. The molecule has 1 aromatic carbocycles. The SMILES string of the molecule is COc1cccc(NC(=O)NCC[C@H](O)C(F)(F)F)c1.